The van der Waals surface area contributed by atoms with Gasteiger partial charge in [0.2, 0.25) is 0 Å². The molecule has 1 N–H and O–H groups in total. The second-order valence-corrected chi connectivity index (χ2v) is 9.93. The Morgan fingerprint density at radius 2 is 1.39 bits per heavy atom. The Bertz CT molecular complexity index is 1050. The zero-order valence-electron chi connectivity index (χ0n) is 20.0. The van der Waals surface area contributed by atoms with Gasteiger partial charge in [-0.2, -0.15) is 0 Å². The topological polar surface area (TPSA) is 66.4 Å². The quantitative estimate of drug-likeness (QED) is 0.324. The predicted octanol–water partition coefficient (Wildman–Crippen LogP) is 5.52. The van der Waals surface area contributed by atoms with Gasteiger partial charge < -0.3 is 28.8 Å². The number of aliphatic hydroxyl groups is 1. The van der Waals surface area contributed by atoms with Crippen molar-refractivity contribution in [3.05, 3.63) is 105 Å². The third-order valence-corrected chi connectivity index (χ3v) is 6.73. The van der Waals surface area contributed by atoms with Gasteiger partial charge in [0.1, 0.15) is 24.4 Å². The first kappa shape index (κ1) is 27.2. The van der Waals surface area contributed by atoms with E-state index in [2.05, 4.69) is 15.9 Å². The maximum atomic E-state index is 11.1. The van der Waals surface area contributed by atoms with Crippen molar-refractivity contribution >= 4 is 27.5 Å². The van der Waals surface area contributed by atoms with Crippen molar-refractivity contribution in [3.63, 3.8) is 0 Å². The van der Waals surface area contributed by atoms with Crippen LogP contribution in [0.4, 0.5) is 0 Å². The van der Waals surface area contributed by atoms with Crippen LogP contribution >= 0.6 is 27.5 Å². The number of aliphatic hydroxyl groups excluding tert-OH is 1. The van der Waals surface area contributed by atoms with Crippen LogP contribution in [0.25, 0.3) is 0 Å². The predicted molar refractivity (Wildman–Crippen MR) is 141 cm³/mol. The average molecular weight is 578 g/mol. The van der Waals surface area contributed by atoms with Crippen LogP contribution in [-0.4, -0.2) is 49.5 Å². The first-order valence-electron chi connectivity index (χ1n) is 11.7. The monoisotopic (exact) mass is 576 g/mol. The van der Waals surface area contributed by atoms with Crippen molar-refractivity contribution < 1.29 is 28.8 Å². The lowest BCUT2D eigenvalue weighted by molar-refractivity contribution is -0.313. The van der Waals surface area contributed by atoms with Crippen LogP contribution in [0.15, 0.2) is 83.3 Å². The summed E-state index contributed by atoms with van der Waals surface area (Å²) in [5.41, 5.74) is 2.97. The molecule has 192 valence electrons. The van der Waals surface area contributed by atoms with Crippen LogP contribution in [0.5, 0.6) is 0 Å². The molecule has 1 aliphatic heterocycles. The van der Waals surface area contributed by atoms with Crippen LogP contribution in [0.2, 0.25) is 5.02 Å². The number of hydrogen-bond acceptors (Lipinski definition) is 6. The van der Waals surface area contributed by atoms with E-state index in [9.17, 15) is 5.11 Å². The highest BCUT2D eigenvalue weighted by Crippen LogP contribution is 2.29. The molecule has 36 heavy (non-hydrogen) atoms. The van der Waals surface area contributed by atoms with Gasteiger partial charge in [0.05, 0.1) is 26.4 Å². The summed E-state index contributed by atoms with van der Waals surface area (Å²) < 4.78 is 31.0. The molecule has 0 spiro atoms. The summed E-state index contributed by atoms with van der Waals surface area (Å²) in [5, 5.41) is 11.7. The molecule has 0 bridgehead atoms. The van der Waals surface area contributed by atoms with Crippen molar-refractivity contribution in [2.24, 2.45) is 0 Å². The van der Waals surface area contributed by atoms with Crippen LogP contribution < -0.4 is 0 Å². The number of hydrogen-bond donors (Lipinski definition) is 1. The van der Waals surface area contributed by atoms with Gasteiger partial charge in [0.25, 0.3) is 0 Å². The smallest absolute Gasteiger partial charge is 0.186 e. The largest absolute Gasteiger partial charge is 0.385 e. The Hall–Kier alpha value is -1.81. The first-order chi connectivity index (χ1) is 17.5. The third-order valence-electron chi connectivity index (χ3n) is 5.95. The molecule has 1 saturated heterocycles. The fourth-order valence-corrected chi connectivity index (χ4v) is 4.42. The minimum Gasteiger partial charge on any atom is -0.385 e. The second-order valence-electron chi connectivity index (χ2n) is 8.57. The van der Waals surface area contributed by atoms with Gasteiger partial charge in [0.15, 0.2) is 6.29 Å². The molecule has 3 aromatic rings. The number of rotatable bonds is 11. The molecule has 1 aliphatic rings. The molecule has 0 aromatic heterocycles. The van der Waals surface area contributed by atoms with Crippen molar-refractivity contribution in [1.82, 2.24) is 0 Å². The van der Waals surface area contributed by atoms with E-state index in [1.165, 1.54) is 7.11 Å². The standard InChI is InChI=1S/C28H30BrClO6/c1-32-28-25(31)27(35-17-20-7-11-22(29)12-8-20)26(34-16-21-9-13-23(30)14-10-21)24(36-28)18-33-15-19-5-3-2-4-6-19/h2-14,24-28,31H,15-18H2,1H3/t24-,25-,26-,27-,28?/m1/s1. The Morgan fingerprint density at radius 1 is 0.806 bits per heavy atom. The summed E-state index contributed by atoms with van der Waals surface area (Å²) in [7, 11) is 1.50. The van der Waals surface area contributed by atoms with Gasteiger partial charge in [-0.1, -0.05) is 82.1 Å². The highest BCUT2D eigenvalue weighted by atomic mass is 79.9. The Labute approximate surface area is 225 Å². The molecule has 8 heteroatoms. The third kappa shape index (κ3) is 7.60. The van der Waals surface area contributed by atoms with E-state index < -0.39 is 30.7 Å². The maximum absolute atomic E-state index is 11.1. The lowest BCUT2D eigenvalue weighted by Crippen LogP contribution is -2.60. The van der Waals surface area contributed by atoms with Gasteiger partial charge in [-0.3, -0.25) is 0 Å². The zero-order chi connectivity index (χ0) is 25.3. The first-order valence-corrected chi connectivity index (χ1v) is 12.9. The maximum Gasteiger partial charge on any atom is 0.186 e. The summed E-state index contributed by atoms with van der Waals surface area (Å²) >= 11 is 9.48. The van der Waals surface area contributed by atoms with E-state index in [0.29, 0.717) is 24.8 Å². The molecule has 1 unspecified atom stereocenters. The lowest BCUT2D eigenvalue weighted by Gasteiger charge is -2.43. The van der Waals surface area contributed by atoms with Gasteiger partial charge >= 0.3 is 0 Å². The van der Waals surface area contributed by atoms with Gasteiger partial charge in [0, 0.05) is 16.6 Å². The van der Waals surface area contributed by atoms with Crippen molar-refractivity contribution in [2.75, 3.05) is 13.7 Å². The van der Waals surface area contributed by atoms with E-state index in [1.807, 2.05) is 78.9 Å². The summed E-state index contributed by atoms with van der Waals surface area (Å²) in [4.78, 5) is 0. The van der Waals surface area contributed by atoms with Crippen LogP contribution in [0, 0.1) is 0 Å². The van der Waals surface area contributed by atoms with Gasteiger partial charge in [-0.15, -0.1) is 0 Å². The van der Waals surface area contributed by atoms with Gasteiger partial charge in [-0.05, 0) is 41.0 Å². The minimum absolute atomic E-state index is 0.241. The molecule has 0 aliphatic carbocycles. The average Bonchev–Trinajstić information content (AvgIpc) is 2.90. The molecular formula is C28H30BrClO6. The molecule has 3 aromatic carbocycles. The molecule has 0 radical (unpaired) electrons. The lowest BCUT2D eigenvalue weighted by atomic mass is 9.98. The molecular weight excluding hydrogens is 548 g/mol. The van der Waals surface area contributed by atoms with Crippen molar-refractivity contribution in [2.45, 2.75) is 50.5 Å². The van der Waals surface area contributed by atoms with Crippen LogP contribution in [0.1, 0.15) is 16.7 Å². The van der Waals surface area contributed by atoms with Gasteiger partial charge in [-0.25, -0.2) is 0 Å². The van der Waals surface area contributed by atoms with Crippen LogP contribution in [0.3, 0.4) is 0 Å². The summed E-state index contributed by atoms with van der Waals surface area (Å²) in [6.45, 7) is 1.26. The minimum atomic E-state index is -1.05. The molecule has 0 saturated carbocycles. The number of halogens is 2. The van der Waals surface area contributed by atoms with Crippen molar-refractivity contribution in [3.8, 4) is 0 Å². The summed E-state index contributed by atoms with van der Waals surface area (Å²) in [5.74, 6) is 0. The number of ether oxygens (including phenoxy) is 5. The van der Waals surface area contributed by atoms with E-state index in [-0.39, 0.29) is 6.61 Å². The highest BCUT2D eigenvalue weighted by Gasteiger charge is 2.47. The van der Waals surface area contributed by atoms with E-state index >= 15 is 0 Å². The summed E-state index contributed by atoms with van der Waals surface area (Å²) in [6.07, 6.45) is -3.76. The Kier molecular flexibility index (Phi) is 10.3. The normalized spacial score (nSPS) is 24.1. The number of methoxy groups -OCH3 is 1. The fraction of sp³-hybridized carbons (Fsp3) is 0.357. The zero-order valence-corrected chi connectivity index (χ0v) is 22.3. The van der Waals surface area contributed by atoms with E-state index in [4.69, 9.17) is 35.3 Å². The summed E-state index contributed by atoms with van der Waals surface area (Å²) in [6, 6.07) is 25.2. The second kappa shape index (κ2) is 13.7. The SMILES string of the molecule is COC1O[C@H](COCc2ccccc2)[C@@H](OCc2ccc(Cl)cc2)[C@H](OCc2ccc(Br)cc2)[C@H]1O. The molecule has 1 heterocycles. The fourth-order valence-electron chi connectivity index (χ4n) is 4.03. The molecule has 6 nitrogen and oxygen atoms in total. The van der Waals surface area contributed by atoms with Crippen LogP contribution in [-0.2, 0) is 43.5 Å². The van der Waals surface area contributed by atoms with E-state index in [0.717, 1.165) is 21.2 Å². The number of benzene rings is 3. The Balaban J connectivity index is 1.49. The molecule has 4 rings (SSSR count). The molecule has 5 atom stereocenters. The molecule has 0 amide bonds. The highest BCUT2D eigenvalue weighted by molar-refractivity contribution is 9.10. The Morgan fingerprint density at radius 3 is 2.03 bits per heavy atom. The molecule has 1 fully saturated rings. The van der Waals surface area contributed by atoms with Crippen molar-refractivity contribution in [1.29, 1.82) is 0 Å². The van der Waals surface area contributed by atoms with E-state index in [1.54, 1.807) is 0 Å².